The fraction of sp³-hybridized carbons (Fsp3) is 0.154. The normalized spacial score (nSPS) is 11.8. The van der Waals surface area contributed by atoms with Crippen molar-refractivity contribution < 1.29 is 4.74 Å². The summed E-state index contributed by atoms with van der Waals surface area (Å²) >= 11 is 0. The van der Waals surface area contributed by atoms with Crippen LogP contribution in [0.5, 0.6) is 0 Å². The van der Waals surface area contributed by atoms with Crippen molar-refractivity contribution in [2.45, 2.75) is 6.92 Å². The van der Waals surface area contributed by atoms with Gasteiger partial charge in [-0.05, 0) is 24.6 Å². The van der Waals surface area contributed by atoms with Gasteiger partial charge in [0.25, 0.3) is 0 Å². The van der Waals surface area contributed by atoms with E-state index in [2.05, 4.69) is 22.8 Å². The van der Waals surface area contributed by atoms with Gasteiger partial charge in [0.2, 0.25) is 0 Å². The molecule has 1 aromatic carbocycles. The van der Waals surface area contributed by atoms with Crippen LogP contribution in [0.2, 0.25) is 0 Å². The number of H-pyrrole nitrogens is 1. The standard InChI is InChI=1S/C13H14N2O/c1-4-12(9(2)16-3)10-5-6-13-11(7-10)8-14-15-13/h4-8H,2H2,1,3H3,(H,14,15). The summed E-state index contributed by atoms with van der Waals surface area (Å²) in [5.41, 5.74) is 3.12. The lowest BCUT2D eigenvalue weighted by Gasteiger charge is -2.09. The van der Waals surface area contributed by atoms with Crippen LogP contribution in [0, 0.1) is 0 Å². The van der Waals surface area contributed by atoms with Gasteiger partial charge in [-0.3, -0.25) is 5.10 Å². The Bertz CT molecular complexity index is 552. The number of aromatic amines is 1. The Labute approximate surface area is 94.4 Å². The molecule has 2 rings (SSSR count). The average molecular weight is 214 g/mol. The zero-order valence-electron chi connectivity index (χ0n) is 9.45. The van der Waals surface area contributed by atoms with Crippen molar-refractivity contribution in [2.24, 2.45) is 0 Å². The van der Waals surface area contributed by atoms with Gasteiger partial charge < -0.3 is 4.74 Å². The predicted molar refractivity (Wildman–Crippen MR) is 65.9 cm³/mol. The number of allylic oxidation sites excluding steroid dienone is 2. The molecule has 3 nitrogen and oxygen atoms in total. The van der Waals surface area contributed by atoms with Crippen LogP contribution in [0.1, 0.15) is 12.5 Å². The average Bonchev–Trinajstić information content (AvgIpc) is 2.77. The van der Waals surface area contributed by atoms with Crippen molar-refractivity contribution in [2.75, 3.05) is 7.11 Å². The number of ether oxygens (including phenoxy) is 1. The number of hydrogen-bond donors (Lipinski definition) is 1. The summed E-state index contributed by atoms with van der Waals surface area (Å²) in [5.74, 6) is 0.672. The molecule has 0 aliphatic rings. The minimum absolute atomic E-state index is 0.672. The summed E-state index contributed by atoms with van der Waals surface area (Å²) in [6.45, 7) is 5.85. The molecule has 0 saturated heterocycles. The second-order valence-electron chi connectivity index (χ2n) is 3.50. The fourth-order valence-corrected chi connectivity index (χ4v) is 1.71. The number of hydrogen-bond acceptors (Lipinski definition) is 2. The molecule has 3 heteroatoms. The summed E-state index contributed by atoms with van der Waals surface area (Å²) in [6, 6.07) is 6.10. The van der Waals surface area contributed by atoms with Crippen LogP contribution in [-0.4, -0.2) is 17.3 Å². The van der Waals surface area contributed by atoms with E-state index in [0.717, 1.165) is 22.0 Å². The van der Waals surface area contributed by atoms with Gasteiger partial charge in [-0.25, -0.2) is 0 Å². The minimum Gasteiger partial charge on any atom is -0.497 e. The molecule has 0 fully saturated rings. The molecule has 0 saturated carbocycles. The van der Waals surface area contributed by atoms with E-state index in [1.165, 1.54) is 0 Å². The zero-order chi connectivity index (χ0) is 11.5. The van der Waals surface area contributed by atoms with E-state index < -0.39 is 0 Å². The molecule has 1 aromatic heterocycles. The number of nitrogens with zero attached hydrogens (tertiary/aromatic N) is 1. The predicted octanol–water partition coefficient (Wildman–Crippen LogP) is 3.13. The third kappa shape index (κ3) is 1.72. The van der Waals surface area contributed by atoms with E-state index in [1.54, 1.807) is 7.11 Å². The molecule has 0 amide bonds. The lowest BCUT2D eigenvalue weighted by Crippen LogP contribution is -1.90. The van der Waals surface area contributed by atoms with Gasteiger partial charge in [0.1, 0.15) is 5.76 Å². The van der Waals surface area contributed by atoms with E-state index in [4.69, 9.17) is 4.74 Å². The molecule has 0 unspecified atom stereocenters. The first-order valence-electron chi connectivity index (χ1n) is 5.09. The highest BCUT2D eigenvalue weighted by atomic mass is 16.5. The maximum absolute atomic E-state index is 5.16. The molecule has 0 bridgehead atoms. The maximum Gasteiger partial charge on any atom is 0.119 e. The molecule has 0 radical (unpaired) electrons. The van der Waals surface area contributed by atoms with Crippen molar-refractivity contribution in [3.8, 4) is 0 Å². The van der Waals surface area contributed by atoms with Crippen molar-refractivity contribution in [1.82, 2.24) is 10.2 Å². The Balaban J connectivity index is 2.49. The summed E-state index contributed by atoms with van der Waals surface area (Å²) in [5, 5.41) is 8.00. The molecule has 1 heterocycles. The Morgan fingerprint density at radius 1 is 1.50 bits per heavy atom. The third-order valence-electron chi connectivity index (χ3n) is 2.59. The number of fused-ring (bicyclic) bond motifs is 1. The van der Waals surface area contributed by atoms with Gasteiger partial charge in [-0.15, -0.1) is 0 Å². The summed E-state index contributed by atoms with van der Waals surface area (Å²) in [6.07, 6.45) is 3.80. The van der Waals surface area contributed by atoms with E-state index >= 15 is 0 Å². The van der Waals surface area contributed by atoms with Gasteiger partial charge in [-0.1, -0.05) is 18.7 Å². The summed E-state index contributed by atoms with van der Waals surface area (Å²) in [4.78, 5) is 0. The van der Waals surface area contributed by atoms with Crippen molar-refractivity contribution in [3.05, 3.63) is 48.4 Å². The lowest BCUT2D eigenvalue weighted by atomic mass is 10.0. The first-order chi connectivity index (χ1) is 7.76. The summed E-state index contributed by atoms with van der Waals surface area (Å²) in [7, 11) is 1.63. The summed E-state index contributed by atoms with van der Waals surface area (Å²) < 4.78 is 5.16. The number of aromatic nitrogens is 2. The third-order valence-corrected chi connectivity index (χ3v) is 2.59. The lowest BCUT2D eigenvalue weighted by molar-refractivity contribution is 0.313. The maximum atomic E-state index is 5.16. The topological polar surface area (TPSA) is 37.9 Å². The molecule has 0 atom stereocenters. The molecule has 82 valence electrons. The highest BCUT2D eigenvalue weighted by molar-refractivity contribution is 5.86. The van der Waals surface area contributed by atoms with E-state index in [-0.39, 0.29) is 0 Å². The second kappa shape index (κ2) is 4.23. The number of nitrogens with one attached hydrogen (secondary N) is 1. The van der Waals surface area contributed by atoms with Crippen LogP contribution in [0.3, 0.4) is 0 Å². The first kappa shape index (κ1) is 10.5. The van der Waals surface area contributed by atoms with Crippen LogP contribution in [0.25, 0.3) is 16.5 Å². The molecular formula is C13H14N2O. The number of methoxy groups -OCH3 is 1. The van der Waals surface area contributed by atoms with E-state index in [0.29, 0.717) is 5.76 Å². The van der Waals surface area contributed by atoms with Crippen LogP contribution in [0.4, 0.5) is 0 Å². The second-order valence-corrected chi connectivity index (χ2v) is 3.50. The largest absolute Gasteiger partial charge is 0.497 e. The highest BCUT2D eigenvalue weighted by Crippen LogP contribution is 2.24. The Morgan fingerprint density at radius 3 is 3.00 bits per heavy atom. The first-order valence-corrected chi connectivity index (χ1v) is 5.09. The van der Waals surface area contributed by atoms with Gasteiger partial charge >= 0.3 is 0 Å². The number of benzene rings is 1. The van der Waals surface area contributed by atoms with Gasteiger partial charge in [0.15, 0.2) is 0 Å². The van der Waals surface area contributed by atoms with E-state index in [9.17, 15) is 0 Å². The van der Waals surface area contributed by atoms with Crippen LogP contribution in [0.15, 0.2) is 42.8 Å². The highest BCUT2D eigenvalue weighted by Gasteiger charge is 2.06. The monoisotopic (exact) mass is 214 g/mol. The minimum atomic E-state index is 0.672. The molecule has 0 aliphatic carbocycles. The van der Waals surface area contributed by atoms with Crippen molar-refractivity contribution in [3.63, 3.8) is 0 Å². The Hall–Kier alpha value is -2.03. The zero-order valence-corrected chi connectivity index (χ0v) is 9.45. The SMILES string of the molecule is C=C(OC)C(=CC)c1ccc2[nH]ncc2c1. The quantitative estimate of drug-likeness (QED) is 0.629. The Kier molecular flexibility index (Phi) is 2.77. The smallest absolute Gasteiger partial charge is 0.119 e. The molecule has 1 N–H and O–H groups in total. The molecule has 2 aromatic rings. The van der Waals surface area contributed by atoms with Crippen LogP contribution >= 0.6 is 0 Å². The Morgan fingerprint density at radius 2 is 2.31 bits per heavy atom. The molecular weight excluding hydrogens is 200 g/mol. The fourth-order valence-electron chi connectivity index (χ4n) is 1.71. The van der Waals surface area contributed by atoms with Gasteiger partial charge in [0, 0.05) is 11.0 Å². The molecule has 0 aliphatic heterocycles. The number of rotatable bonds is 3. The van der Waals surface area contributed by atoms with Crippen LogP contribution in [-0.2, 0) is 4.74 Å². The van der Waals surface area contributed by atoms with Gasteiger partial charge in [0.05, 0.1) is 18.8 Å². The van der Waals surface area contributed by atoms with Crippen LogP contribution < -0.4 is 0 Å². The van der Waals surface area contributed by atoms with Crippen molar-refractivity contribution in [1.29, 1.82) is 0 Å². The molecule has 0 spiro atoms. The van der Waals surface area contributed by atoms with Gasteiger partial charge in [-0.2, -0.15) is 5.10 Å². The van der Waals surface area contributed by atoms with E-state index in [1.807, 2.05) is 31.3 Å². The van der Waals surface area contributed by atoms with Crippen molar-refractivity contribution >= 4 is 16.5 Å². The molecule has 16 heavy (non-hydrogen) atoms.